The first-order valence-electron chi connectivity index (χ1n) is 7.71. The lowest BCUT2D eigenvalue weighted by molar-refractivity contribution is 0.977. The van der Waals surface area contributed by atoms with Gasteiger partial charge in [0.15, 0.2) is 0 Å². The molecule has 0 saturated carbocycles. The van der Waals surface area contributed by atoms with Gasteiger partial charge in [0.25, 0.3) is 5.56 Å². The van der Waals surface area contributed by atoms with E-state index >= 15 is 0 Å². The number of nitrogens with one attached hydrogen (secondary N) is 1. The number of H-pyrrole nitrogens is 1. The van der Waals surface area contributed by atoms with Crippen molar-refractivity contribution in [1.82, 2.24) is 9.97 Å². The second-order valence-electron chi connectivity index (χ2n) is 5.76. The Bertz CT molecular complexity index is 1170. The maximum atomic E-state index is 12.7. The molecule has 0 spiro atoms. The first-order chi connectivity index (χ1) is 12.5. The lowest BCUT2D eigenvalue weighted by Gasteiger charge is -2.05. The molecule has 0 unspecified atom stereocenters. The molecule has 0 aliphatic heterocycles. The summed E-state index contributed by atoms with van der Waals surface area (Å²) in [5.41, 5.74) is 2.60. The van der Waals surface area contributed by atoms with Crippen molar-refractivity contribution >= 4 is 60.7 Å². The summed E-state index contributed by atoms with van der Waals surface area (Å²) in [4.78, 5) is 20.9. The number of aromatic amines is 1. The van der Waals surface area contributed by atoms with Crippen molar-refractivity contribution in [2.24, 2.45) is 0 Å². The van der Waals surface area contributed by atoms with Crippen LogP contribution in [-0.2, 0) is 6.42 Å². The Morgan fingerprint density at radius 2 is 1.88 bits per heavy atom. The van der Waals surface area contributed by atoms with Crippen LogP contribution in [0.2, 0.25) is 10.0 Å². The van der Waals surface area contributed by atoms with E-state index < -0.39 is 0 Å². The normalized spacial score (nSPS) is 11.2. The summed E-state index contributed by atoms with van der Waals surface area (Å²) in [6, 6.07) is 13.2. The maximum absolute atomic E-state index is 12.7. The third kappa shape index (κ3) is 3.45. The van der Waals surface area contributed by atoms with Gasteiger partial charge in [-0.2, -0.15) is 0 Å². The molecule has 7 heteroatoms. The minimum atomic E-state index is -0.144. The molecule has 2 aromatic heterocycles. The van der Waals surface area contributed by atoms with Crippen LogP contribution in [0.25, 0.3) is 21.3 Å². The number of thiophene rings is 1. The Morgan fingerprint density at radius 3 is 2.62 bits per heavy atom. The van der Waals surface area contributed by atoms with E-state index in [0.717, 1.165) is 21.2 Å². The highest BCUT2D eigenvalue weighted by molar-refractivity contribution is 9.10. The Hall–Kier alpha value is -1.66. The van der Waals surface area contributed by atoms with Crippen LogP contribution in [0.1, 0.15) is 11.4 Å². The summed E-state index contributed by atoms with van der Waals surface area (Å²) >= 11 is 17.1. The van der Waals surface area contributed by atoms with Crippen LogP contribution >= 0.6 is 50.5 Å². The minimum absolute atomic E-state index is 0.144. The Kier molecular flexibility index (Phi) is 4.88. The van der Waals surface area contributed by atoms with Crippen LogP contribution < -0.4 is 5.56 Å². The molecule has 0 aliphatic rings. The van der Waals surface area contributed by atoms with Gasteiger partial charge in [-0.25, -0.2) is 4.98 Å². The number of halogens is 3. The monoisotopic (exact) mass is 464 g/mol. The fourth-order valence-corrected chi connectivity index (χ4v) is 4.47. The van der Waals surface area contributed by atoms with Crippen molar-refractivity contribution in [3.05, 3.63) is 84.1 Å². The van der Waals surface area contributed by atoms with Crippen LogP contribution in [0.4, 0.5) is 0 Å². The van der Waals surface area contributed by atoms with E-state index in [4.69, 9.17) is 23.2 Å². The standard InChI is InChI=1S/C19H11BrCl2N2OS/c20-12-4-1-10(2-5-12)14-9-26-19-17(14)18(25)23-16(24-19)7-11-3-6-13(21)8-15(11)22/h1-6,8-9H,7H2,(H,23,24,25). The van der Waals surface area contributed by atoms with Crippen molar-refractivity contribution in [3.8, 4) is 11.1 Å². The summed E-state index contributed by atoms with van der Waals surface area (Å²) in [7, 11) is 0. The van der Waals surface area contributed by atoms with Crippen molar-refractivity contribution in [1.29, 1.82) is 0 Å². The van der Waals surface area contributed by atoms with E-state index in [1.807, 2.05) is 35.7 Å². The second-order valence-corrected chi connectivity index (χ2v) is 8.38. The van der Waals surface area contributed by atoms with Crippen LogP contribution in [0, 0.1) is 0 Å². The molecule has 2 heterocycles. The van der Waals surface area contributed by atoms with E-state index in [2.05, 4.69) is 25.9 Å². The van der Waals surface area contributed by atoms with Gasteiger partial charge in [-0.05, 0) is 35.4 Å². The van der Waals surface area contributed by atoms with Gasteiger partial charge in [-0.3, -0.25) is 4.79 Å². The lowest BCUT2D eigenvalue weighted by atomic mass is 10.1. The topological polar surface area (TPSA) is 45.8 Å². The zero-order valence-corrected chi connectivity index (χ0v) is 17.1. The van der Waals surface area contributed by atoms with E-state index in [0.29, 0.717) is 32.5 Å². The van der Waals surface area contributed by atoms with E-state index in [1.54, 1.807) is 12.1 Å². The minimum Gasteiger partial charge on any atom is -0.310 e. The molecule has 1 N–H and O–H groups in total. The highest BCUT2D eigenvalue weighted by atomic mass is 79.9. The predicted molar refractivity (Wildman–Crippen MR) is 113 cm³/mol. The van der Waals surface area contributed by atoms with Crippen molar-refractivity contribution < 1.29 is 0 Å². The summed E-state index contributed by atoms with van der Waals surface area (Å²) in [5.74, 6) is 0.580. The third-order valence-corrected chi connectivity index (χ3v) is 6.01. The highest BCUT2D eigenvalue weighted by Gasteiger charge is 2.14. The molecule has 0 radical (unpaired) electrons. The fraction of sp³-hybridized carbons (Fsp3) is 0.0526. The Balaban J connectivity index is 1.76. The molecule has 2 aromatic carbocycles. The summed E-state index contributed by atoms with van der Waals surface area (Å²) < 4.78 is 0.995. The van der Waals surface area contributed by atoms with Crippen molar-refractivity contribution in [2.45, 2.75) is 6.42 Å². The molecule has 130 valence electrons. The van der Waals surface area contributed by atoms with E-state index in [-0.39, 0.29) is 5.56 Å². The molecule has 0 aliphatic carbocycles. The van der Waals surface area contributed by atoms with Gasteiger partial charge in [-0.15, -0.1) is 11.3 Å². The SMILES string of the molecule is O=c1[nH]c(Cc2ccc(Cl)cc2Cl)nc2scc(-c3ccc(Br)cc3)c12. The van der Waals surface area contributed by atoms with Crippen LogP contribution in [0.5, 0.6) is 0 Å². The summed E-state index contributed by atoms with van der Waals surface area (Å²) in [5, 5.41) is 3.72. The quantitative estimate of drug-likeness (QED) is 0.385. The molecule has 0 saturated heterocycles. The van der Waals surface area contributed by atoms with E-state index in [9.17, 15) is 4.79 Å². The molecule has 0 atom stereocenters. The van der Waals surface area contributed by atoms with Crippen LogP contribution in [0.3, 0.4) is 0 Å². The van der Waals surface area contributed by atoms with Gasteiger partial charge >= 0.3 is 0 Å². The number of rotatable bonds is 3. The largest absolute Gasteiger partial charge is 0.310 e. The molecule has 0 fully saturated rings. The molecular weight excluding hydrogens is 455 g/mol. The molecule has 0 bridgehead atoms. The molecule has 26 heavy (non-hydrogen) atoms. The number of hydrogen-bond acceptors (Lipinski definition) is 3. The van der Waals surface area contributed by atoms with Gasteiger partial charge in [0.1, 0.15) is 10.7 Å². The zero-order chi connectivity index (χ0) is 18.3. The fourth-order valence-electron chi connectivity index (χ4n) is 2.76. The van der Waals surface area contributed by atoms with Gasteiger partial charge in [0, 0.05) is 31.9 Å². The van der Waals surface area contributed by atoms with Crippen molar-refractivity contribution in [3.63, 3.8) is 0 Å². The van der Waals surface area contributed by atoms with E-state index in [1.165, 1.54) is 11.3 Å². The maximum Gasteiger partial charge on any atom is 0.260 e. The Labute approximate surface area is 171 Å². The first-order valence-corrected chi connectivity index (χ1v) is 10.1. The van der Waals surface area contributed by atoms with Gasteiger partial charge in [0.2, 0.25) is 0 Å². The number of aromatic nitrogens is 2. The Morgan fingerprint density at radius 1 is 1.12 bits per heavy atom. The van der Waals surface area contributed by atoms with Gasteiger partial charge in [-0.1, -0.05) is 57.3 Å². The average Bonchev–Trinajstić information content (AvgIpc) is 3.03. The summed E-state index contributed by atoms with van der Waals surface area (Å²) in [6.07, 6.45) is 0.437. The molecule has 3 nitrogen and oxygen atoms in total. The average molecular weight is 466 g/mol. The third-order valence-electron chi connectivity index (χ3n) is 4.02. The molecular formula is C19H11BrCl2N2OS. The molecule has 0 amide bonds. The zero-order valence-electron chi connectivity index (χ0n) is 13.2. The van der Waals surface area contributed by atoms with Crippen LogP contribution in [-0.4, -0.2) is 9.97 Å². The highest BCUT2D eigenvalue weighted by Crippen LogP contribution is 2.31. The van der Waals surface area contributed by atoms with Gasteiger partial charge in [0.05, 0.1) is 5.39 Å². The first kappa shape index (κ1) is 17.7. The molecule has 4 rings (SSSR count). The molecule has 4 aromatic rings. The smallest absolute Gasteiger partial charge is 0.260 e. The van der Waals surface area contributed by atoms with Crippen LogP contribution in [0.15, 0.2) is 57.1 Å². The summed E-state index contributed by atoms with van der Waals surface area (Å²) in [6.45, 7) is 0. The van der Waals surface area contributed by atoms with Crippen molar-refractivity contribution in [2.75, 3.05) is 0 Å². The van der Waals surface area contributed by atoms with Gasteiger partial charge < -0.3 is 4.98 Å². The number of nitrogens with zero attached hydrogens (tertiary/aromatic N) is 1. The lowest BCUT2D eigenvalue weighted by Crippen LogP contribution is -2.11. The number of benzene rings is 2. The number of fused-ring (bicyclic) bond motifs is 1. The second kappa shape index (κ2) is 7.16. The predicted octanol–water partition coefficient (Wildman–Crippen LogP) is 6.31. The number of hydrogen-bond donors (Lipinski definition) is 1.